The molecule has 1 aromatic carbocycles. The van der Waals surface area contributed by atoms with E-state index in [1.54, 1.807) is 0 Å². The molecule has 1 rings (SSSR count). The molecule has 0 saturated heterocycles. The second-order valence-corrected chi connectivity index (χ2v) is 3.28. The number of benzene rings is 1. The van der Waals surface area contributed by atoms with Gasteiger partial charge < -0.3 is 5.73 Å². The Morgan fingerprint density at radius 1 is 1.29 bits per heavy atom. The normalized spacial score (nSPS) is 10.9. The van der Waals surface area contributed by atoms with Crippen LogP contribution in [0.4, 0.5) is 4.39 Å². The van der Waals surface area contributed by atoms with Crippen LogP contribution in [-0.2, 0) is 6.54 Å². The van der Waals surface area contributed by atoms with Crippen LogP contribution in [0.3, 0.4) is 0 Å². The third-order valence-corrected chi connectivity index (χ3v) is 2.21. The highest BCUT2D eigenvalue weighted by Gasteiger charge is 2.01. The first-order valence-electron chi connectivity index (χ1n) is 4.93. The van der Waals surface area contributed by atoms with E-state index in [0.29, 0.717) is 6.54 Å². The lowest BCUT2D eigenvalue weighted by Gasteiger charge is -2.19. The standard InChI is InChI=1S/C11H17FN2/c1-2-14(8-7-13)9-10-3-5-11(12)6-4-10/h3-6H,2,7-9,13H2,1H3. The Bertz CT molecular complexity index is 258. The first kappa shape index (κ1) is 11.1. The lowest BCUT2D eigenvalue weighted by molar-refractivity contribution is 0.288. The molecule has 0 atom stereocenters. The maximum atomic E-state index is 12.6. The Kier molecular flexibility index (Phi) is 4.56. The van der Waals surface area contributed by atoms with Crippen LogP contribution in [0.15, 0.2) is 24.3 Å². The number of rotatable bonds is 5. The Balaban J connectivity index is 2.53. The fourth-order valence-corrected chi connectivity index (χ4v) is 1.38. The molecule has 0 aliphatic rings. The Morgan fingerprint density at radius 2 is 1.93 bits per heavy atom. The minimum Gasteiger partial charge on any atom is -0.329 e. The minimum atomic E-state index is -0.185. The summed E-state index contributed by atoms with van der Waals surface area (Å²) >= 11 is 0. The maximum Gasteiger partial charge on any atom is 0.123 e. The van der Waals surface area contributed by atoms with Gasteiger partial charge in [0, 0.05) is 19.6 Å². The second kappa shape index (κ2) is 5.73. The predicted octanol–water partition coefficient (Wildman–Crippen LogP) is 1.61. The fourth-order valence-electron chi connectivity index (χ4n) is 1.38. The average Bonchev–Trinajstić information content (AvgIpc) is 2.20. The van der Waals surface area contributed by atoms with Gasteiger partial charge in [0.05, 0.1) is 0 Å². The van der Waals surface area contributed by atoms with Crippen molar-refractivity contribution in [2.45, 2.75) is 13.5 Å². The van der Waals surface area contributed by atoms with Crippen molar-refractivity contribution >= 4 is 0 Å². The minimum absolute atomic E-state index is 0.185. The summed E-state index contributed by atoms with van der Waals surface area (Å²) in [6.07, 6.45) is 0. The third kappa shape index (κ3) is 3.44. The van der Waals surface area contributed by atoms with Gasteiger partial charge in [0.2, 0.25) is 0 Å². The van der Waals surface area contributed by atoms with E-state index in [9.17, 15) is 4.39 Å². The van der Waals surface area contributed by atoms with Crippen LogP contribution in [0.2, 0.25) is 0 Å². The lowest BCUT2D eigenvalue weighted by atomic mass is 10.2. The molecule has 78 valence electrons. The van der Waals surface area contributed by atoms with Crippen LogP contribution in [0, 0.1) is 5.82 Å². The SMILES string of the molecule is CCN(CCN)Cc1ccc(F)cc1. The van der Waals surface area contributed by atoms with Crippen molar-refractivity contribution in [1.82, 2.24) is 4.90 Å². The van der Waals surface area contributed by atoms with Crippen molar-refractivity contribution in [3.63, 3.8) is 0 Å². The molecule has 3 heteroatoms. The smallest absolute Gasteiger partial charge is 0.123 e. The number of hydrogen-bond acceptors (Lipinski definition) is 2. The van der Waals surface area contributed by atoms with Crippen LogP contribution in [0.1, 0.15) is 12.5 Å². The largest absolute Gasteiger partial charge is 0.329 e. The van der Waals surface area contributed by atoms with E-state index in [1.807, 2.05) is 12.1 Å². The molecule has 0 aliphatic carbocycles. The maximum absolute atomic E-state index is 12.6. The predicted molar refractivity (Wildman–Crippen MR) is 56.4 cm³/mol. The third-order valence-electron chi connectivity index (χ3n) is 2.21. The molecule has 0 aliphatic heterocycles. The van der Waals surface area contributed by atoms with Crippen LogP contribution < -0.4 is 5.73 Å². The molecule has 0 unspecified atom stereocenters. The monoisotopic (exact) mass is 196 g/mol. The summed E-state index contributed by atoms with van der Waals surface area (Å²) < 4.78 is 12.6. The zero-order chi connectivity index (χ0) is 10.4. The van der Waals surface area contributed by atoms with Gasteiger partial charge in [-0.15, -0.1) is 0 Å². The van der Waals surface area contributed by atoms with E-state index in [-0.39, 0.29) is 5.82 Å². The van der Waals surface area contributed by atoms with Crippen molar-refractivity contribution in [2.75, 3.05) is 19.6 Å². The molecule has 14 heavy (non-hydrogen) atoms. The van der Waals surface area contributed by atoms with E-state index in [1.165, 1.54) is 12.1 Å². The highest BCUT2D eigenvalue weighted by atomic mass is 19.1. The van der Waals surface area contributed by atoms with Crippen LogP contribution >= 0.6 is 0 Å². The summed E-state index contributed by atoms with van der Waals surface area (Å²) in [5.41, 5.74) is 6.61. The quantitative estimate of drug-likeness (QED) is 0.775. The summed E-state index contributed by atoms with van der Waals surface area (Å²) in [5.74, 6) is -0.185. The van der Waals surface area contributed by atoms with Gasteiger partial charge in [-0.2, -0.15) is 0 Å². The van der Waals surface area contributed by atoms with Crippen molar-refractivity contribution in [3.05, 3.63) is 35.6 Å². The Morgan fingerprint density at radius 3 is 2.43 bits per heavy atom. The Labute approximate surface area is 84.5 Å². The molecule has 2 N–H and O–H groups in total. The van der Waals surface area contributed by atoms with Gasteiger partial charge in [0.15, 0.2) is 0 Å². The van der Waals surface area contributed by atoms with Gasteiger partial charge in [0.1, 0.15) is 5.82 Å². The topological polar surface area (TPSA) is 29.3 Å². The lowest BCUT2D eigenvalue weighted by Crippen LogP contribution is -2.28. The molecule has 0 bridgehead atoms. The number of likely N-dealkylation sites (N-methyl/N-ethyl adjacent to an activating group) is 1. The molecule has 0 amide bonds. The van der Waals surface area contributed by atoms with E-state index >= 15 is 0 Å². The molecule has 0 fully saturated rings. The summed E-state index contributed by atoms with van der Waals surface area (Å²) in [6, 6.07) is 6.61. The fraction of sp³-hybridized carbons (Fsp3) is 0.455. The molecule has 0 heterocycles. The molecule has 0 radical (unpaired) electrons. The van der Waals surface area contributed by atoms with E-state index < -0.39 is 0 Å². The molecular formula is C11H17FN2. The summed E-state index contributed by atoms with van der Waals surface area (Å²) in [6.45, 7) is 5.45. The van der Waals surface area contributed by atoms with Gasteiger partial charge in [-0.3, -0.25) is 4.90 Å². The first-order chi connectivity index (χ1) is 6.76. The van der Waals surface area contributed by atoms with Gasteiger partial charge in [-0.25, -0.2) is 4.39 Å². The van der Waals surface area contributed by atoms with Crippen LogP contribution in [-0.4, -0.2) is 24.5 Å². The highest BCUT2D eigenvalue weighted by molar-refractivity contribution is 5.15. The van der Waals surface area contributed by atoms with Crippen molar-refractivity contribution in [1.29, 1.82) is 0 Å². The van der Waals surface area contributed by atoms with Gasteiger partial charge in [-0.1, -0.05) is 19.1 Å². The van der Waals surface area contributed by atoms with E-state index in [0.717, 1.165) is 25.2 Å². The van der Waals surface area contributed by atoms with E-state index in [2.05, 4.69) is 11.8 Å². The molecule has 1 aromatic rings. The number of nitrogens with zero attached hydrogens (tertiary/aromatic N) is 1. The van der Waals surface area contributed by atoms with Gasteiger partial charge >= 0.3 is 0 Å². The number of hydrogen-bond donors (Lipinski definition) is 1. The van der Waals surface area contributed by atoms with Crippen LogP contribution in [0.25, 0.3) is 0 Å². The zero-order valence-corrected chi connectivity index (χ0v) is 8.54. The molecule has 0 spiro atoms. The Hall–Kier alpha value is -0.930. The summed E-state index contributed by atoms with van der Waals surface area (Å²) in [4.78, 5) is 2.23. The molecule has 2 nitrogen and oxygen atoms in total. The number of halogens is 1. The van der Waals surface area contributed by atoms with Crippen molar-refractivity contribution in [2.24, 2.45) is 5.73 Å². The van der Waals surface area contributed by atoms with Gasteiger partial charge in [0.25, 0.3) is 0 Å². The molecule has 0 saturated carbocycles. The summed E-state index contributed by atoms with van der Waals surface area (Å²) in [5, 5.41) is 0. The first-order valence-corrected chi connectivity index (χ1v) is 4.93. The van der Waals surface area contributed by atoms with Gasteiger partial charge in [-0.05, 0) is 24.2 Å². The summed E-state index contributed by atoms with van der Waals surface area (Å²) in [7, 11) is 0. The molecule has 0 aromatic heterocycles. The molecular weight excluding hydrogens is 179 g/mol. The zero-order valence-electron chi connectivity index (χ0n) is 8.54. The van der Waals surface area contributed by atoms with Crippen LogP contribution in [0.5, 0.6) is 0 Å². The van der Waals surface area contributed by atoms with Crippen molar-refractivity contribution in [3.8, 4) is 0 Å². The second-order valence-electron chi connectivity index (χ2n) is 3.28. The average molecular weight is 196 g/mol. The van der Waals surface area contributed by atoms with Crippen molar-refractivity contribution < 1.29 is 4.39 Å². The highest BCUT2D eigenvalue weighted by Crippen LogP contribution is 2.05. The number of nitrogens with two attached hydrogens (primary N) is 1. The van der Waals surface area contributed by atoms with E-state index in [4.69, 9.17) is 5.73 Å².